The van der Waals surface area contributed by atoms with E-state index in [0.717, 1.165) is 0 Å². The number of halogens is 7. The van der Waals surface area contributed by atoms with Crippen LogP contribution in [0.1, 0.15) is 23.6 Å². The van der Waals surface area contributed by atoms with Crippen LogP contribution in [-0.4, -0.2) is 12.5 Å². The number of benzene rings is 1. The minimum Gasteiger partial charge on any atom is -0.478 e. The molecule has 9 heteroatoms. The molecule has 0 saturated heterocycles. The van der Waals surface area contributed by atoms with Crippen molar-refractivity contribution in [3.05, 3.63) is 34.9 Å². The van der Waals surface area contributed by atoms with Crippen LogP contribution in [0.4, 0.5) is 26.3 Å². The van der Waals surface area contributed by atoms with Gasteiger partial charge in [-0.15, -0.1) is 12.4 Å². The van der Waals surface area contributed by atoms with Gasteiger partial charge in [0.15, 0.2) is 0 Å². The average molecular weight is 322 g/mol. The Morgan fingerprint density at radius 3 is 1.70 bits per heavy atom. The first-order valence-electron chi connectivity index (χ1n) is 5.07. The molecule has 0 fully saturated rings. The fourth-order valence-corrected chi connectivity index (χ4v) is 1.31. The second-order valence-electron chi connectivity index (χ2n) is 3.56. The molecule has 0 atom stereocenters. The van der Waals surface area contributed by atoms with Crippen LogP contribution >= 0.6 is 12.4 Å². The Hall–Kier alpha value is -1.44. The van der Waals surface area contributed by atoms with E-state index in [0.29, 0.717) is 12.1 Å². The average Bonchev–Trinajstić information content (AvgIpc) is 2.26. The Morgan fingerprint density at radius 1 is 1.00 bits per heavy atom. The number of rotatable bonds is 2. The molecule has 0 saturated carbocycles. The lowest BCUT2D eigenvalue weighted by Crippen LogP contribution is -2.14. The number of ether oxygens (including phenoxy) is 1. The summed E-state index contributed by atoms with van der Waals surface area (Å²) in [4.78, 5) is 0. The number of alkyl halides is 6. The highest BCUT2D eigenvalue weighted by atomic mass is 35.5. The van der Waals surface area contributed by atoms with Crippen LogP contribution in [-0.2, 0) is 17.1 Å². The molecule has 1 rings (SSSR count). The summed E-state index contributed by atoms with van der Waals surface area (Å²) < 4.78 is 79.7. The summed E-state index contributed by atoms with van der Waals surface area (Å²) in [6.45, 7) is 1.43. The van der Waals surface area contributed by atoms with E-state index < -0.39 is 34.9 Å². The molecule has 1 aromatic rings. The van der Waals surface area contributed by atoms with Gasteiger partial charge in [-0.3, -0.25) is 5.41 Å². The lowest BCUT2D eigenvalue weighted by Gasteiger charge is -2.14. The highest BCUT2D eigenvalue weighted by Crippen LogP contribution is 2.36. The fourth-order valence-electron chi connectivity index (χ4n) is 1.31. The largest absolute Gasteiger partial charge is 0.478 e. The van der Waals surface area contributed by atoms with Gasteiger partial charge in [0.25, 0.3) is 0 Å². The van der Waals surface area contributed by atoms with Crippen molar-refractivity contribution in [2.45, 2.75) is 19.3 Å². The van der Waals surface area contributed by atoms with E-state index in [1.54, 1.807) is 0 Å². The van der Waals surface area contributed by atoms with E-state index in [9.17, 15) is 26.3 Å². The lowest BCUT2D eigenvalue weighted by atomic mass is 10.0. The summed E-state index contributed by atoms with van der Waals surface area (Å²) in [5, 5.41) is 7.28. The van der Waals surface area contributed by atoms with Gasteiger partial charge in [0, 0.05) is 5.56 Å². The molecule has 0 amide bonds. The zero-order chi connectivity index (χ0) is 14.8. The van der Waals surface area contributed by atoms with Crippen LogP contribution in [0.15, 0.2) is 18.2 Å². The standard InChI is InChI=1S/C11H9F6NO.ClH/c1-2-19-9(18)6-3-7(10(12,13)14)5-8(4-6)11(15,16)17;/h3-5,18H,2H2,1H3;1H. The molecule has 0 radical (unpaired) electrons. The topological polar surface area (TPSA) is 33.1 Å². The summed E-state index contributed by atoms with van der Waals surface area (Å²) in [5.41, 5.74) is -3.51. The molecule has 0 aliphatic rings. The van der Waals surface area contributed by atoms with E-state index in [1.165, 1.54) is 6.92 Å². The van der Waals surface area contributed by atoms with E-state index in [4.69, 9.17) is 5.41 Å². The molecule has 0 aromatic heterocycles. The van der Waals surface area contributed by atoms with Crippen molar-refractivity contribution in [2.24, 2.45) is 0 Å². The van der Waals surface area contributed by atoms with Crippen molar-refractivity contribution < 1.29 is 31.1 Å². The van der Waals surface area contributed by atoms with Crippen LogP contribution in [0.3, 0.4) is 0 Å². The minimum absolute atomic E-state index is 0. The second kappa shape index (κ2) is 6.34. The first-order valence-corrected chi connectivity index (χ1v) is 5.07. The maximum Gasteiger partial charge on any atom is 0.416 e. The molecule has 0 aliphatic heterocycles. The van der Waals surface area contributed by atoms with E-state index in [1.807, 2.05) is 0 Å². The summed E-state index contributed by atoms with van der Waals surface area (Å²) in [6, 6.07) is 0.906. The highest BCUT2D eigenvalue weighted by Gasteiger charge is 2.37. The lowest BCUT2D eigenvalue weighted by molar-refractivity contribution is -0.143. The maximum atomic E-state index is 12.5. The molecule has 1 aromatic carbocycles. The molecule has 0 unspecified atom stereocenters. The van der Waals surface area contributed by atoms with Gasteiger partial charge < -0.3 is 4.74 Å². The predicted octanol–water partition coefficient (Wildman–Crippen LogP) is 4.51. The van der Waals surface area contributed by atoms with Gasteiger partial charge in [-0.25, -0.2) is 0 Å². The maximum absolute atomic E-state index is 12.5. The highest BCUT2D eigenvalue weighted by molar-refractivity contribution is 5.92. The van der Waals surface area contributed by atoms with Crippen LogP contribution < -0.4 is 0 Å². The van der Waals surface area contributed by atoms with Crippen molar-refractivity contribution >= 4 is 18.3 Å². The SMILES string of the molecule is CCOC(=N)c1cc(C(F)(F)F)cc(C(F)(F)F)c1.Cl. The molecular weight excluding hydrogens is 312 g/mol. The minimum atomic E-state index is -4.93. The van der Waals surface area contributed by atoms with Gasteiger partial charge >= 0.3 is 12.4 Å². The van der Waals surface area contributed by atoms with Crippen LogP contribution in [0.25, 0.3) is 0 Å². The van der Waals surface area contributed by atoms with Gasteiger partial charge in [-0.2, -0.15) is 26.3 Å². The third-order valence-corrected chi connectivity index (χ3v) is 2.14. The summed E-state index contributed by atoms with van der Waals surface area (Å²) in [7, 11) is 0. The number of hydrogen-bond acceptors (Lipinski definition) is 2. The van der Waals surface area contributed by atoms with Gasteiger partial charge in [-0.1, -0.05) is 0 Å². The Kier molecular flexibility index (Phi) is 5.88. The molecule has 2 nitrogen and oxygen atoms in total. The third kappa shape index (κ3) is 4.59. The van der Waals surface area contributed by atoms with Crippen molar-refractivity contribution in [3.8, 4) is 0 Å². The first-order chi connectivity index (χ1) is 8.55. The van der Waals surface area contributed by atoms with E-state index in [-0.39, 0.29) is 25.1 Å². The molecule has 0 heterocycles. The zero-order valence-electron chi connectivity index (χ0n) is 10.0. The van der Waals surface area contributed by atoms with Gasteiger partial charge in [-0.05, 0) is 25.1 Å². The number of nitrogens with one attached hydrogen (secondary N) is 1. The Balaban J connectivity index is 0.00000361. The molecule has 1 N–H and O–H groups in total. The first kappa shape index (κ1) is 18.6. The van der Waals surface area contributed by atoms with Gasteiger partial charge in [0.1, 0.15) is 0 Å². The smallest absolute Gasteiger partial charge is 0.416 e. The van der Waals surface area contributed by atoms with Crippen LogP contribution in [0.2, 0.25) is 0 Å². The molecule has 114 valence electrons. The molecule has 0 bridgehead atoms. The summed E-state index contributed by atoms with van der Waals surface area (Å²) >= 11 is 0. The van der Waals surface area contributed by atoms with Crippen molar-refractivity contribution in [1.29, 1.82) is 5.41 Å². The van der Waals surface area contributed by atoms with Crippen molar-refractivity contribution in [2.75, 3.05) is 6.61 Å². The van der Waals surface area contributed by atoms with Crippen LogP contribution in [0.5, 0.6) is 0 Å². The van der Waals surface area contributed by atoms with Gasteiger partial charge in [0.2, 0.25) is 5.90 Å². The molecule has 0 aliphatic carbocycles. The summed E-state index contributed by atoms with van der Waals surface area (Å²) in [6.07, 6.45) is -9.86. The van der Waals surface area contributed by atoms with Crippen molar-refractivity contribution in [3.63, 3.8) is 0 Å². The normalized spacial score (nSPS) is 11.8. The summed E-state index contributed by atoms with van der Waals surface area (Å²) in [5.74, 6) is -0.737. The predicted molar refractivity (Wildman–Crippen MR) is 62.1 cm³/mol. The quantitative estimate of drug-likeness (QED) is 0.485. The van der Waals surface area contributed by atoms with Crippen molar-refractivity contribution in [1.82, 2.24) is 0 Å². The fraction of sp³-hybridized carbons (Fsp3) is 0.364. The van der Waals surface area contributed by atoms with Crippen LogP contribution in [0, 0.1) is 5.41 Å². The molecule has 20 heavy (non-hydrogen) atoms. The van der Waals surface area contributed by atoms with E-state index in [2.05, 4.69) is 4.74 Å². The Labute approximate surface area is 116 Å². The van der Waals surface area contributed by atoms with Gasteiger partial charge in [0.05, 0.1) is 17.7 Å². The molecule has 0 spiro atoms. The monoisotopic (exact) mass is 321 g/mol. The Bertz CT molecular complexity index is 451. The second-order valence-corrected chi connectivity index (χ2v) is 3.56. The van der Waals surface area contributed by atoms with E-state index >= 15 is 0 Å². The Morgan fingerprint density at radius 2 is 1.40 bits per heavy atom. The zero-order valence-corrected chi connectivity index (χ0v) is 10.8. The number of hydrogen-bond donors (Lipinski definition) is 1. The third-order valence-electron chi connectivity index (χ3n) is 2.14. The molecular formula is C11H10ClF6NO.